The molecule has 9 heteroatoms. The third-order valence-electron chi connectivity index (χ3n) is 5.11. The highest BCUT2D eigenvalue weighted by Gasteiger charge is 2.16. The first kappa shape index (κ1) is 26.8. The maximum atomic E-state index is 13.2. The van der Waals surface area contributed by atoms with Gasteiger partial charge in [0.15, 0.2) is 11.5 Å². The first-order valence-electron chi connectivity index (χ1n) is 11.6. The number of nitrogens with one attached hydrogen (secondary N) is 2. The van der Waals surface area contributed by atoms with Crippen LogP contribution in [0.4, 0.5) is 5.69 Å². The molecule has 0 saturated carbocycles. The number of rotatable bonds is 11. The number of benzene rings is 3. The third-order valence-corrected chi connectivity index (χ3v) is 5.11. The lowest BCUT2D eigenvalue weighted by atomic mass is 10.1. The molecule has 0 aliphatic carbocycles. The largest absolute Gasteiger partial charge is 0.497 e. The van der Waals surface area contributed by atoms with Gasteiger partial charge in [0.05, 0.1) is 25.9 Å². The summed E-state index contributed by atoms with van der Waals surface area (Å²) in [6.45, 7) is 4.59. The second-order valence-electron chi connectivity index (χ2n) is 7.65. The lowest BCUT2D eigenvalue weighted by Crippen LogP contribution is -2.30. The molecular weight excluding hydrogens is 476 g/mol. The summed E-state index contributed by atoms with van der Waals surface area (Å²) in [6.07, 6.45) is 1.51. The van der Waals surface area contributed by atoms with Gasteiger partial charge in [-0.3, -0.25) is 9.59 Å². The van der Waals surface area contributed by atoms with E-state index in [-0.39, 0.29) is 11.3 Å². The van der Waals surface area contributed by atoms with Gasteiger partial charge in [0.25, 0.3) is 11.8 Å². The summed E-state index contributed by atoms with van der Waals surface area (Å²) in [5.41, 5.74) is 1.33. The Balaban J connectivity index is 1.93. The van der Waals surface area contributed by atoms with E-state index >= 15 is 0 Å². The Labute approximate surface area is 214 Å². The number of carbonyl (C=O) groups is 3. The minimum atomic E-state index is -1.08. The Kier molecular flexibility index (Phi) is 9.26. The van der Waals surface area contributed by atoms with E-state index in [1.807, 2.05) is 13.8 Å². The van der Waals surface area contributed by atoms with Crippen molar-refractivity contribution in [3.63, 3.8) is 0 Å². The van der Waals surface area contributed by atoms with E-state index in [0.29, 0.717) is 47.3 Å². The van der Waals surface area contributed by atoms with Crippen LogP contribution in [-0.2, 0) is 4.79 Å². The minimum Gasteiger partial charge on any atom is -0.497 e. The van der Waals surface area contributed by atoms with Gasteiger partial charge >= 0.3 is 5.97 Å². The summed E-state index contributed by atoms with van der Waals surface area (Å²) < 4.78 is 16.4. The van der Waals surface area contributed by atoms with Crippen molar-refractivity contribution in [2.45, 2.75) is 13.8 Å². The summed E-state index contributed by atoms with van der Waals surface area (Å²) in [6, 6.07) is 17.3. The molecule has 0 atom stereocenters. The number of anilines is 1. The molecule has 0 aliphatic rings. The van der Waals surface area contributed by atoms with E-state index in [2.05, 4.69) is 10.6 Å². The molecule has 3 aromatic carbocycles. The molecule has 0 heterocycles. The molecule has 0 saturated heterocycles. The number of hydrogen-bond donors (Lipinski definition) is 3. The molecule has 0 spiro atoms. The average Bonchev–Trinajstić information content (AvgIpc) is 2.90. The molecule has 37 heavy (non-hydrogen) atoms. The SMILES string of the molecule is CCOc1ccc(C=C(NC(=O)c2ccc(OC)cc2)C(=O)Nc2ccc(C(=O)O)cc2)cc1OCC. The topological polar surface area (TPSA) is 123 Å². The standard InChI is InChI=1S/C28H28N2O7/c1-4-36-24-15-6-18(17-25(24)37-5-2)16-23(30-26(31)19-9-13-22(35-3)14-10-19)27(32)29-21-11-7-20(8-12-21)28(33)34/h6-17H,4-5H2,1-3H3,(H,29,32)(H,30,31)(H,33,34). The fraction of sp³-hybridized carbons (Fsp3) is 0.179. The zero-order valence-electron chi connectivity index (χ0n) is 20.7. The Hall–Kier alpha value is -4.79. The third kappa shape index (κ3) is 7.35. The van der Waals surface area contributed by atoms with Gasteiger partial charge in [-0.15, -0.1) is 0 Å². The Morgan fingerprint density at radius 1 is 0.838 bits per heavy atom. The van der Waals surface area contributed by atoms with Gasteiger partial charge in [0.1, 0.15) is 11.4 Å². The van der Waals surface area contributed by atoms with E-state index in [9.17, 15) is 14.4 Å². The van der Waals surface area contributed by atoms with Gasteiger partial charge in [-0.05, 0) is 86.2 Å². The number of hydrogen-bond acceptors (Lipinski definition) is 6. The van der Waals surface area contributed by atoms with Gasteiger partial charge < -0.3 is 30.0 Å². The van der Waals surface area contributed by atoms with Gasteiger partial charge in [-0.25, -0.2) is 4.79 Å². The molecule has 0 fully saturated rings. The van der Waals surface area contributed by atoms with Crippen LogP contribution in [0.25, 0.3) is 6.08 Å². The van der Waals surface area contributed by atoms with E-state index in [0.717, 1.165) is 0 Å². The summed E-state index contributed by atoms with van der Waals surface area (Å²) in [7, 11) is 1.52. The average molecular weight is 505 g/mol. The smallest absolute Gasteiger partial charge is 0.335 e. The van der Waals surface area contributed by atoms with Crippen LogP contribution in [-0.4, -0.2) is 43.2 Å². The van der Waals surface area contributed by atoms with Crippen molar-refractivity contribution < 1.29 is 33.7 Å². The fourth-order valence-electron chi connectivity index (χ4n) is 3.31. The maximum Gasteiger partial charge on any atom is 0.335 e. The van der Waals surface area contributed by atoms with E-state index < -0.39 is 17.8 Å². The molecule has 9 nitrogen and oxygen atoms in total. The van der Waals surface area contributed by atoms with Crippen molar-refractivity contribution in [1.82, 2.24) is 5.32 Å². The number of amides is 2. The molecule has 0 aliphatic heterocycles. The molecule has 0 unspecified atom stereocenters. The Bertz CT molecular complexity index is 1280. The molecule has 0 radical (unpaired) electrons. The second-order valence-corrected chi connectivity index (χ2v) is 7.65. The van der Waals surface area contributed by atoms with Crippen LogP contribution in [0.15, 0.2) is 72.4 Å². The zero-order valence-corrected chi connectivity index (χ0v) is 20.7. The highest BCUT2D eigenvalue weighted by molar-refractivity contribution is 6.10. The van der Waals surface area contributed by atoms with Crippen molar-refractivity contribution >= 4 is 29.5 Å². The summed E-state index contributed by atoms with van der Waals surface area (Å²) >= 11 is 0. The number of carboxylic acids is 1. The van der Waals surface area contributed by atoms with Gasteiger partial charge in [0.2, 0.25) is 0 Å². The quantitative estimate of drug-likeness (QED) is 0.326. The Morgan fingerprint density at radius 2 is 1.46 bits per heavy atom. The predicted molar refractivity (Wildman–Crippen MR) is 139 cm³/mol. The maximum absolute atomic E-state index is 13.2. The molecule has 0 bridgehead atoms. The number of ether oxygens (including phenoxy) is 3. The minimum absolute atomic E-state index is 0.0327. The van der Waals surface area contributed by atoms with E-state index in [1.54, 1.807) is 42.5 Å². The van der Waals surface area contributed by atoms with E-state index in [4.69, 9.17) is 19.3 Å². The van der Waals surface area contributed by atoms with Crippen LogP contribution in [0.3, 0.4) is 0 Å². The fourth-order valence-corrected chi connectivity index (χ4v) is 3.31. The van der Waals surface area contributed by atoms with Gasteiger partial charge in [-0.2, -0.15) is 0 Å². The van der Waals surface area contributed by atoms with Gasteiger partial charge in [-0.1, -0.05) is 6.07 Å². The molecule has 192 valence electrons. The Morgan fingerprint density at radius 3 is 2.05 bits per heavy atom. The molecule has 3 N–H and O–H groups in total. The second kappa shape index (κ2) is 12.8. The first-order valence-corrected chi connectivity index (χ1v) is 11.6. The van der Waals surface area contributed by atoms with Crippen molar-refractivity contribution in [2.24, 2.45) is 0 Å². The summed E-state index contributed by atoms with van der Waals surface area (Å²) in [4.78, 5) is 37.3. The summed E-state index contributed by atoms with van der Waals surface area (Å²) in [5.74, 6) is -0.520. The van der Waals surface area contributed by atoms with Gasteiger partial charge in [0, 0.05) is 11.3 Å². The van der Waals surface area contributed by atoms with Crippen molar-refractivity contribution in [1.29, 1.82) is 0 Å². The van der Waals surface area contributed by atoms with Crippen LogP contribution < -0.4 is 24.8 Å². The molecule has 3 aromatic rings. The highest BCUT2D eigenvalue weighted by atomic mass is 16.5. The number of carboxylic acid groups (broad SMARTS) is 1. The molecule has 2 amide bonds. The molecule has 0 aromatic heterocycles. The van der Waals surface area contributed by atoms with Crippen molar-refractivity contribution in [2.75, 3.05) is 25.6 Å². The molecule has 3 rings (SSSR count). The van der Waals surface area contributed by atoms with Crippen molar-refractivity contribution in [3.05, 3.63) is 89.1 Å². The van der Waals surface area contributed by atoms with Crippen LogP contribution in [0.2, 0.25) is 0 Å². The van der Waals surface area contributed by atoms with Crippen molar-refractivity contribution in [3.8, 4) is 17.2 Å². The monoisotopic (exact) mass is 504 g/mol. The lowest BCUT2D eigenvalue weighted by molar-refractivity contribution is -0.113. The number of methoxy groups -OCH3 is 1. The van der Waals surface area contributed by atoms with Crippen LogP contribution in [0.1, 0.15) is 40.1 Å². The highest BCUT2D eigenvalue weighted by Crippen LogP contribution is 2.29. The van der Waals surface area contributed by atoms with E-state index in [1.165, 1.54) is 37.5 Å². The van der Waals surface area contributed by atoms with Crippen LogP contribution in [0.5, 0.6) is 17.2 Å². The zero-order chi connectivity index (χ0) is 26.8. The van der Waals surface area contributed by atoms with Crippen LogP contribution in [0, 0.1) is 0 Å². The first-order chi connectivity index (χ1) is 17.8. The number of aromatic carboxylic acids is 1. The molecular formula is C28H28N2O7. The lowest BCUT2D eigenvalue weighted by Gasteiger charge is -2.14. The summed E-state index contributed by atoms with van der Waals surface area (Å²) in [5, 5.41) is 14.4. The predicted octanol–water partition coefficient (Wildman–Crippen LogP) is 4.60. The number of carbonyl (C=O) groups excluding carboxylic acids is 2. The normalized spacial score (nSPS) is 10.8. The van der Waals surface area contributed by atoms with Crippen LogP contribution >= 0.6 is 0 Å².